The van der Waals surface area contributed by atoms with Gasteiger partial charge in [0.2, 0.25) is 10.0 Å². The second-order valence-electron chi connectivity index (χ2n) is 6.84. The summed E-state index contributed by atoms with van der Waals surface area (Å²) in [7, 11) is -4.04. The lowest BCUT2D eigenvalue weighted by atomic mass is 10.00. The molecule has 3 aromatic rings. The van der Waals surface area contributed by atoms with Crippen LogP contribution in [0.5, 0.6) is 0 Å². The van der Waals surface area contributed by atoms with Gasteiger partial charge in [0.15, 0.2) is 0 Å². The van der Waals surface area contributed by atoms with E-state index in [0.29, 0.717) is 16.1 Å². The van der Waals surface area contributed by atoms with Crippen LogP contribution in [0.25, 0.3) is 0 Å². The number of carbonyl (C=O) groups is 1. The maximum atomic E-state index is 13.0. The number of alkyl halides is 3. The molecule has 3 rings (SSSR count). The Bertz CT molecular complexity index is 1170. The molecular formula is C22H18ClF3N2O3S. The largest absolute Gasteiger partial charge is 0.405 e. The minimum atomic E-state index is -4.54. The number of amides is 1. The minimum absolute atomic E-state index is 0.0921. The average molecular weight is 483 g/mol. The number of rotatable bonds is 7. The molecule has 32 heavy (non-hydrogen) atoms. The van der Waals surface area contributed by atoms with Crippen LogP contribution in [0.15, 0.2) is 83.8 Å². The molecule has 0 aromatic heterocycles. The van der Waals surface area contributed by atoms with Crippen molar-refractivity contribution in [3.8, 4) is 0 Å². The predicted octanol–water partition coefficient (Wildman–Crippen LogP) is 4.70. The van der Waals surface area contributed by atoms with E-state index in [0.717, 1.165) is 24.3 Å². The van der Waals surface area contributed by atoms with E-state index >= 15 is 0 Å². The maximum absolute atomic E-state index is 13.0. The van der Waals surface area contributed by atoms with Crippen LogP contribution >= 0.6 is 11.6 Å². The molecule has 0 aliphatic carbocycles. The van der Waals surface area contributed by atoms with E-state index in [9.17, 15) is 26.4 Å². The Balaban J connectivity index is 1.84. The molecule has 0 heterocycles. The molecule has 0 unspecified atom stereocenters. The van der Waals surface area contributed by atoms with Crippen molar-refractivity contribution < 1.29 is 26.4 Å². The van der Waals surface area contributed by atoms with Gasteiger partial charge in [-0.3, -0.25) is 4.79 Å². The van der Waals surface area contributed by atoms with Gasteiger partial charge in [-0.15, -0.1) is 0 Å². The zero-order valence-corrected chi connectivity index (χ0v) is 18.0. The molecule has 3 aromatic carbocycles. The molecule has 5 nitrogen and oxygen atoms in total. The van der Waals surface area contributed by atoms with Crippen molar-refractivity contribution in [2.24, 2.45) is 0 Å². The predicted molar refractivity (Wildman–Crippen MR) is 115 cm³/mol. The normalized spacial score (nSPS) is 12.9. The van der Waals surface area contributed by atoms with Crippen molar-refractivity contribution in [1.82, 2.24) is 10.0 Å². The third-order valence-electron chi connectivity index (χ3n) is 4.49. The van der Waals surface area contributed by atoms with Crippen molar-refractivity contribution in [2.75, 3.05) is 6.54 Å². The van der Waals surface area contributed by atoms with Gasteiger partial charge in [0.1, 0.15) is 6.54 Å². The summed E-state index contributed by atoms with van der Waals surface area (Å²) in [5.41, 5.74) is 1.26. The van der Waals surface area contributed by atoms with Gasteiger partial charge in [0, 0.05) is 10.6 Å². The van der Waals surface area contributed by atoms with Crippen LogP contribution < -0.4 is 10.0 Å². The fourth-order valence-corrected chi connectivity index (χ4v) is 4.26. The zero-order chi connectivity index (χ0) is 23.4. The molecule has 0 aliphatic rings. The van der Waals surface area contributed by atoms with Crippen molar-refractivity contribution in [3.63, 3.8) is 0 Å². The van der Waals surface area contributed by atoms with Crippen LogP contribution in [-0.2, 0) is 10.0 Å². The summed E-state index contributed by atoms with van der Waals surface area (Å²) in [5, 5.41) is 2.24. The first-order chi connectivity index (χ1) is 15.0. The molecule has 0 radical (unpaired) electrons. The highest BCUT2D eigenvalue weighted by molar-refractivity contribution is 7.89. The zero-order valence-electron chi connectivity index (χ0n) is 16.4. The summed E-state index contributed by atoms with van der Waals surface area (Å²) >= 11 is 5.95. The molecule has 0 saturated carbocycles. The third kappa shape index (κ3) is 6.32. The molecule has 1 amide bonds. The third-order valence-corrected chi connectivity index (χ3v) is 6.18. The lowest BCUT2D eigenvalue weighted by Gasteiger charge is -2.20. The fraction of sp³-hybridized carbons (Fsp3) is 0.136. The molecular weight excluding hydrogens is 465 g/mol. The second-order valence-corrected chi connectivity index (χ2v) is 8.99. The van der Waals surface area contributed by atoms with Gasteiger partial charge in [0.05, 0.1) is 10.9 Å². The molecule has 2 N–H and O–H groups in total. The molecule has 0 saturated heterocycles. The van der Waals surface area contributed by atoms with Gasteiger partial charge in [-0.05, 0) is 47.5 Å². The Morgan fingerprint density at radius 3 is 2.00 bits per heavy atom. The van der Waals surface area contributed by atoms with Crippen LogP contribution in [0.2, 0.25) is 5.02 Å². The maximum Gasteiger partial charge on any atom is 0.405 e. The second kappa shape index (κ2) is 9.72. The standard InChI is InChI=1S/C22H18ClF3N2O3S/c23-18-10-6-16(7-11-18)20(15-4-2-1-3-5-15)28-32(30,31)19-12-8-17(9-13-19)21(29)27-14-22(24,25)26/h1-13,20,28H,14H2,(H,27,29)/t20-/m0/s1. The van der Waals surface area contributed by atoms with Gasteiger partial charge in [-0.2, -0.15) is 17.9 Å². The van der Waals surface area contributed by atoms with Crippen LogP contribution in [-0.4, -0.2) is 27.0 Å². The summed E-state index contributed by atoms with van der Waals surface area (Å²) < 4.78 is 65.4. The summed E-state index contributed by atoms with van der Waals surface area (Å²) in [6.45, 7) is -1.48. The van der Waals surface area contributed by atoms with Gasteiger partial charge in [0.25, 0.3) is 5.91 Å². The lowest BCUT2D eigenvalue weighted by Crippen LogP contribution is -2.33. The van der Waals surface area contributed by atoms with Gasteiger partial charge >= 0.3 is 6.18 Å². The number of benzene rings is 3. The summed E-state index contributed by atoms with van der Waals surface area (Å²) in [6, 6.07) is 19.5. The van der Waals surface area contributed by atoms with Crippen LogP contribution in [0.4, 0.5) is 13.2 Å². The SMILES string of the molecule is O=C(NCC(F)(F)F)c1ccc(S(=O)(=O)N[C@@H](c2ccccc2)c2ccc(Cl)cc2)cc1. The minimum Gasteiger partial charge on any atom is -0.343 e. The van der Waals surface area contributed by atoms with E-state index in [1.807, 2.05) is 0 Å². The molecule has 0 bridgehead atoms. The number of halogens is 4. The van der Waals surface area contributed by atoms with E-state index in [1.165, 1.54) is 0 Å². The van der Waals surface area contributed by atoms with Crippen molar-refractivity contribution in [3.05, 3.63) is 101 Å². The number of hydrogen-bond donors (Lipinski definition) is 2. The molecule has 168 valence electrons. The first-order valence-corrected chi connectivity index (χ1v) is 11.2. The molecule has 10 heteroatoms. The average Bonchev–Trinajstić information content (AvgIpc) is 2.77. The first-order valence-electron chi connectivity index (χ1n) is 9.33. The smallest absolute Gasteiger partial charge is 0.343 e. The van der Waals surface area contributed by atoms with Crippen molar-refractivity contribution >= 4 is 27.5 Å². The highest BCUT2D eigenvalue weighted by Crippen LogP contribution is 2.26. The monoisotopic (exact) mass is 482 g/mol. The van der Waals surface area contributed by atoms with Crippen molar-refractivity contribution in [2.45, 2.75) is 17.1 Å². The fourth-order valence-electron chi connectivity index (χ4n) is 2.92. The Kier molecular flexibility index (Phi) is 7.22. The van der Waals surface area contributed by atoms with Crippen LogP contribution in [0.1, 0.15) is 27.5 Å². The molecule has 0 spiro atoms. The first kappa shape index (κ1) is 23.8. The van der Waals surface area contributed by atoms with Gasteiger partial charge < -0.3 is 5.32 Å². The number of carbonyl (C=O) groups excluding carboxylic acids is 1. The summed E-state index contributed by atoms with van der Waals surface area (Å²) in [6.07, 6.45) is -4.54. The Morgan fingerprint density at radius 2 is 1.44 bits per heavy atom. The lowest BCUT2D eigenvalue weighted by molar-refractivity contribution is -0.123. The van der Waals surface area contributed by atoms with E-state index in [-0.39, 0.29) is 10.5 Å². The Hall–Kier alpha value is -2.88. The van der Waals surface area contributed by atoms with Gasteiger partial charge in [-0.1, -0.05) is 54.1 Å². The molecule has 0 fully saturated rings. The highest BCUT2D eigenvalue weighted by atomic mass is 35.5. The summed E-state index contributed by atoms with van der Waals surface area (Å²) in [5.74, 6) is -0.956. The van der Waals surface area contributed by atoms with E-state index < -0.39 is 34.7 Å². The Labute approximate surface area is 188 Å². The highest BCUT2D eigenvalue weighted by Gasteiger charge is 2.28. The van der Waals surface area contributed by atoms with E-state index in [4.69, 9.17) is 11.6 Å². The number of nitrogens with one attached hydrogen (secondary N) is 2. The van der Waals surface area contributed by atoms with E-state index in [1.54, 1.807) is 59.9 Å². The number of sulfonamides is 1. The van der Waals surface area contributed by atoms with Crippen LogP contribution in [0.3, 0.4) is 0 Å². The number of hydrogen-bond acceptors (Lipinski definition) is 3. The molecule has 1 atom stereocenters. The quantitative estimate of drug-likeness (QED) is 0.512. The Morgan fingerprint density at radius 1 is 0.875 bits per heavy atom. The molecule has 0 aliphatic heterocycles. The topological polar surface area (TPSA) is 75.3 Å². The van der Waals surface area contributed by atoms with Crippen molar-refractivity contribution in [1.29, 1.82) is 0 Å². The van der Waals surface area contributed by atoms with Crippen LogP contribution in [0, 0.1) is 0 Å². The van der Waals surface area contributed by atoms with E-state index in [2.05, 4.69) is 4.72 Å². The summed E-state index contributed by atoms with van der Waals surface area (Å²) in [4.78, 5) is 11.7. The van der Waals surface area contributed by atoms with Gasteiger partial charge in [-0.25, -0.2) is 8.42 Å².